The highest BCUT2D eigenvalue weighted by Crippen LogP contribution is 2.43. The summed E-state index contributed by atoms with van der Waals surface area (Å²) in [7, 11) is 0. The van der Waals surface area contributed by atoms with Gasteiger partial charge in [0.25, 0.3) is 0 Å². The molecule has 0 bridgehead atoms. The highest BCUT2D eigenvalue weighted by Gasteiger charge is 2.33. The predicted octanol–water partition coefficient (Wildman–Crippen LogP) is 5.69. The zero-order valence-electron chi connectivity index (χ0n) is 12.6. The molecule has 110 valence electrons. The van der Waals surface area contributed by atoms with Crippen molar-refractivity contribution in [3.05, 3.63) is 46.2 Å². The first-order valence-corrected chi connectivity index (χ1v) is 9.07. The Kier molecular flexibility index (Phi) is 5.98. The van der Waals surface area contributed by atoms with Crippen LogP contribution in [0.15, 0.2) is 36.4 Å². The molecule has 1 aliphatic rings. The van der Waals surface area contributed by atoms with E-state index < -0.39 is 0 Å². The van der Waals surface area contributed by atoms with Gasteiger partial charge in [-0.3, -0.25) is 0 Å². The molecule has 0 saturated heterocycles. The van der Waals surface area contributed by atoms with Crippen molar-refractivity contribution in [3.8, 4) is 0 Å². The third kappa shape index (κ3) is 4.02. The van der Waals surface area contributed by atoms with Crippen LogP contribution in [0.2, 0.25) is 0 Å². The molecule has 0 spiro atoms. The fourth-order valence-electron chi connectivity index (χ4n) is 3.42. The highest BCUT2D eigenvalue weighted by atomic mass is 32.1. The third-order valence-corrected chi connectivity index (χ3v) is 5.70. The number of thiol groups is 1. The maximum Gasteiger partial charge on any atom is 0.00826 e. The van der Waals surface area contributed by atoms with Gasteiger partial charge in [-0.05, 0) is 62.5 Å². The van der Waals surface area contributed by atoms with Crippen molar-refractivity contribution in [3.63, 3.8) is 0 Å². The average molecular weight is 307 g/mol. The smallest absolute Gasteiger partial charge is 0.00826 e. The summed E-state index contributed by atoms with van der Waals surface area (Å²) in [5, 5.41) is 0. The first-order chi connectivity index (χ1) is 9.61. The van der Waals surface area contributed by atoms with E-state index in [1.807, 2.05) is 11.3 Å². The second-order valence-corrected chi connectivity index (χ2v) is 7.78. The molecule has 1 aliphatic carbocycles. The van der Waals surface area contributed by atoms with Crippen molar-refractivity contribution < 1.29 is 0 Å². The van der Waals surface area contributed by atoms with Crippen LogP contribution in [0.5, 0.6) is 0 Å². The minimum atomic E-state index is 0.680. The predicted molar refractivity (Wildman–Crippen MR) is 94.9 cm³/mol. The van der Waals surface area contributed by atoms with Gasteiger partial charge in [0, 0.05) is 15.5 Å². The van der Waals surface area contributed by atoms with Gasteiger partial charge in [-0.2, -0.15) is 12.6 Å². The van der Waals surface area contributed by atoms with Crippen LogP contribution >= 0.6 is 24.0 Å². The summed E-state index contributed by atoms with van der Waals surface area (Å²) in [5.41, 5.74) is 1.47. The van der Waals surface area contributed by atoms with E-state index in [9.17, 15) is 0 Å². The van der Waals surface area contributed by atoms with Gasteiger partial charge in [-0.25, -0.2) is 0 Å². The van der Waals surface area contributed by atoms with Gasteiger partial charge >= 0.3 is 0 Å². The monoisotopic (exact) mass is 306 g/mol. The van der Waals surface area contributed by atoms with Gasteiger partial charge in [0.1, 0.15) is 0 Å². The quantitative estimate of drug-likeness (QED) is 0.506. The second-order valence-electron chi connectivity index (χ2n) is 6.04. The van der Waals surface area contributed by atoms with Crippen molar-refractivity contribution in [2.75, 3.05) is 5.75 Å². The normalized spacial score (nSPS) is 26.8. The lowest BCUT2D eigenvalue weighted by atomic mass is 9.85. The Morgan fingerprint density at radius 1 is 1.45 bits per heavy atom. The molecule has 0 amide bonds. The molecule has 1 aromatic rings. The van der Waals surface area contributed by atoms with E-state index in [2.05, 4.69) is 57.3 Å². The van der Waals surface area contributed by atoms with Crippen molar-refractivity contribution in [1.29, 1.82) is 0 Å². The zero-order valence-corrected chi connectivity index (χ0v) is 14.4. The first-order valence-electron chi connectivity index (χ1n) is 7.62. The number of thiophene rings is 1. The number of allylic oxidation sites excluding steroid dienone is 2. The Labute approximate surface area is 133 Å². The summed E-state index contributed by atoms with van der Waals surface area (Å²) in [4.78, 5) is 2.95. The molecule has 2 rings (SSSR count). The molecule has 1 aromatic heterocycles. The van der Waals surface area contributed by atoms with Crippen molar-refractivity contribution in [2.24, 2.45) is 17.8 Å². The largest absolute Gasteiger partial charge is 0.175 e. The molecular weight excluding hydrogens is 280 g/mol. The van der Waals surface area contributed by atoms with Gasteiger partial charge in [-0.1, -0.05) is 31.2 Å². The molecular formula is C18H26S2. The van der Waals surface area contributed by atoms with Crippen LogP contribution in [0, 0.1) is 24.7 Å². The van der Waals surface area contributed by atoms with Crippen LogP contribution in [0.25, 0.3) is 0 Å². The molecule has 20 heavy (non-hydrogen) atoms. The number of hydrogen-bond acceptors (Lipinski definition) is 2. The molecule has 0 N–H and O–H groups in total. The van der Waals surface area contributed by atoms with Gasteiger partial charge in [-0.15, -0.1) is 11.3 Å². The Hall–Kier alpha value is -0.470. The van der Waals surface area contributed by atoms with Crippen LogP contribution in [-0.4, -0.2) is 5.75 Å². The van der Waals surface area contributed by atoms with E-state index >= 15 is 0 Å². The molecule has 3 atom stereocenters. The van der Waals surface area contributed by atoms with Crippen LogP contribution in [0.1, 0.15) is 35.9 Å². The summed E-state index contributed by atoms with van der Waals surface area (Å²) in [6.45, 7) is 8.87. The summed E-state index contributed by atoms with van der Waals surface area (Å²) in [6.07, 6.45) is 9.57. The van der Waals surface area contributed by atoms with Crippen LogP contribution in [0.3, 0.4) is 0 Å². The molecule has 0 aliphatic heterocycles. The molecule has 3 unspecified atom stereocenters. The van der Waals surface area contributed by atoms with E-state index in [-0.39, 0.29) is 0 Å². The fraction of sp³-hybridized carbons (Fsp3) is 0.556. The molecule has 0 nitrogen and oxygen atoms in total. The summed E-state index contributed by atoms with van der Waals surface area (Å²) in [5.74, 6) is 2.95. The van der Waals surface area contributed by atoms with Crippen LogP contribution in [-0.2, 0) is 6.42 Å². The Morgan fingerprint density at radius 3 is 2.90 bits per heavy atom. The highest BCUT2D eigenvalue weighted by molar-refractivity contribution is 7.80. The third-order valence-electron chi connectivity index (χ3n) is 4.43. The van der Waals surface area contributed by atoms with Gasteiger partial charge in [0.05, 0.1) is 0 Å². The lowest BCUT2D eigenvalue weighted by Gasteiger charge is -2.19. The van der Waals surface area contributed by atoms with E-state index in [4.69, 9.17) is 0 Å². The zero-order chi connectivity index (χ0) is 14.5. The van der Waals surface area contributed by atoms with E-state index in [0.29, 0.717) is 11.8 Å². The molecule has 0 aromatic carbocycles. The molecule has 1 fully saturated rings. The first kappa shape index (κ1) is 15.9. The Balaban J connectivity index is 1.89. The summed E-state index contributed by atoms with van der Waals surface area (Å²) in [6, 6.07) is 4.51. The number of aryl methyl sites for hydroxylation is 2. The average Bonchev–Trinajstić information content (AvgIpc) is 2.92. The number of hydrogen-bond donors (Lipinski definition) is 1. The molecule has 2 heteroatoms. The lowest BCUT2D eigenvalue weighted by molar-refractivity contribution is 0.390. The van der Waals surface area contributed by atoms with Crippen LogP contribution < -0.4 is 0 Å². The molecule has 1 saturated carbocycles. The topological polar surface area (TPSA) is 0 Å². The SMILES string of the molecule is C=C1CC(C)C(/C=C/CS)C1CCCc1ccc(C)s1. The van der Waals surface area contributed by atoms with E-state index in [1.54, 1.807) is 0 Å². The lowest BCUT2D eigenvalue weighted by Crippen LogP contribution is -2.11. The maximum absolute atomic E-state index is 4.32. The maximum atomic E-state index is 4.32. The minimum Gasteiger partial charge on any atom is -0.175 e. The van der Waals surface area contributed by atoms with Gasteiger partial charge in [0.15, 0.2) is 0 Å². The summed E-state index contributed by atoms with van der Waals surface area (Å²) >= 11 is 6.23. The van der Waals surface area contributed by atoms with Gasteiger partial charge in [0.2, 0.25) is 0 Å². The Bertz CT molecular complexity index is 470. The van der Waals surface area contributed by atoms with Crippen molar-refractivity contribution in [2.45, 2.75) is 39.5 Å². The fourth-order valence-corrected chi connectivity index (χ4v) is 4.48. The minimum absolute atomic E-state index is 0.680. The van der Waals surface area contributed by atoms with Crippen LogP contribution in [0.4, 0.5) is 0 Å². The van der Waals surface area contributed by atoms with E-state index in [0.717, 1.165) is 11.7 Å². The molecule has 1 heterocycles. The Morgan fingerprint density at radius 2 is 2.25 bits per heavy atom. The van der Waals surface area contributed by atoms with Crippen molar-refractivity contribution >= 4 is 24.0 Å². The molecule has 0 radical (unpaired) electrons. The number of rotatable bonds is 6. The van der Waals surface area contributed by atoms with Gasteiger partial charge < -0.3 is 0 Å². The van der Waals surface area contributed by atoms with Crippen molar-refractivity contribution in [1.82, 2.24) is 0 Å². The summed E-state index contributed by atoms with van der Waals surface area (Å²) < 4.78 is 0. The standard InChI is InChI=1S/C18H26S2/c1-13-12-14(2)18(8-5-11-19)17(13)7-4-6-16-10-9-15(3)20-16/h5,8-10,14,17-19H,1,4,6-7,11-12H2,2-3H3/b8-5+. The second kappa shape index (κ2) is 7.51. The van der Waals surface area contributed by atoms with E-state index in [1.165, 1.54) is 41.0 Å².